The molecular formula is C11H12N2O5. The van der Waals surface area contributed by atoms with Gasteiger partial charge in [0.15, 0.2) is 0 Å². The molecule has 0 saturated carbocycles. The Hall–Kier alpha value is -2.44. The van der Waals surface area contributed by atoms with E-state index < -0.39 is 10.8 Å². The summed E-state index contributed by atoms with van der Waals surface area (Å²) in [5, 5.41) is 22.3. The van der Waals surface area contributed by atoms with Gasteiger partial charge in [0, 0.05) is 25.0 Å². The van der Waals surface area contributed by atoms with E-state index in [1.165, 1.54) is 6.92 Å². The Morgan fingerprint density at radius 1 is 1.39 bits per heavy atom. The molecule has 0 heterocycles. The van der Waals surface area contributed by atoms with Gasteiger partial charge in [-0.3, -0.25) is 14.9 Å². The zero-order valence-electron chi connectivity index (χ0n) is 9.67. The molecular weight excluding hydrogens is 240 g/mol. The van der Waals surface area contributed by atoms with Crippen molar-refractivity contribution < 1.29 is 19.6 Å². The van der Waals surface area contributed by atoms with Crippen LogP contribution in [0, 0.1) is 10.1 Å². The number of hydrogen-bond acceptors (Lipinski definition) is 5. The van der Waals surface area contributed by atoms with E-state index in [4.69, 9.17) is 0 Å². The Morgan fingerprint density at radius 3 is 2.61 bits per heavy atom. The Labute approximate surface area is 103 Å². The van der Waals surface area contributed by atoms with Crippen molar-refractivity contribution in [1.82, 2.24) is 0 Å². The van der Waals surface area contributed by atoms with Crippen molar-refractivity contribution in [2.24, 2.45) is 0 Å². The number of hydrogen-bond donors (Lipinski definition) is 2. The van der Waals surface area contributed by atoms with Crippen molar-refractivity contribution >= 4 is 23.1 Å². The smallest absolute Gasteiger partial charge is 0.271 e. The van der Waals surface area contributed by atoms with Crippen LogP contribution >= 0.6 is 0 Å². The number of rotatable bonds is 5. The van der Waals surface area contributed by atoms with Crippen LogP contribution in [0.15, 0.2) is 18.2 Å². The molecule has 0 unspecified atom stereocenters. The first-order valence-electron chi connectivity index (χ1n) is 5.17. The Morgan fingerprint density at radius 2 is 2.06 bits per heavy atom. The first kappa shape index (κ1) is 13.6. The number of phenols is 1. The molecule has 0 spiro atoms. The molecule has 96 valence electrons. The summed E-state index contributed by atoms with van der Waals surface area (Å²) in [5.41, 5.74) is -0.285. The standard InChI is InChI=1S/C11H12N2O5/c1-7(14)2-5-11(16)12-9-6-8(13(17)18)3-4-10(9)15/h3-4,6,15H,2,5H2,1H3,(H,12,16). The van der Waals surface area contributed by atoms with Crippen molar-refractivity contribution in [3.8, 4) is 5.75 Å². The molecule has 1 rings (SSSR count). The number of anilines is 1. The predicted octanol–water partition coefficient (Wildman–Crippen LogP) is 1.61. The van der Waals surface area contributed by atoms with Crippen LogP contribution < -0.4 is 5.32 Å². The van der Waals surface area contributed by atoms with Crippen molar-refractivity contribution in [3.63, 3.8) is 0 Å². The molecule has 2 N–H and O–H groups in total. The van der Waals surface area contributed by atoms with Crippen molar-refractivity contribution in [3.05, 3.63) is 28.3 Å². The van der Waals surface area contributed by atoms with Gasteiger partial charge >= 0.3 is 0 Å². The highest BCUT2D eigenvalue weighted by atomic mass is 16.6. The van der Waals surface area contributed by atoms with Crippen LogP contribution in [0.4, 0.5) is 11.4 Å². The second-order valence-corrected chi connectivity index (χ2v) is 3.71. The van der Waals surface area contributed by atoms with Crippen LogP contribution in [-0.2, 0) is 9.59 Å². The molecule has 0 aliphatic heterocycles. The van der Waals surface area contributed by atoms with Gasteiger partial charge in [-0.25, -0.2) is 0 Å². The summed E-state index contributed by atoms with van der Waals surface area (Å²) in [6, 6.07) is 3.31. The Kier molecular flexibility index (Phi) is 4.36. The number of ketones is 1. The fourth-order valence-electron chi connectivity index (χ4n) is 1.24. The maximum Gasteiger partial charge on any atom is 0.271 e. The fourth-order valence-corrected chi connectivity index (χ4v) is 1.24. The van der Waals surface area contributed by atoms with E-state index in [2.05, 4.69) is 5.32 Å². The monoisotopic (exact) mass is 252 g/mol. The minimum Gasteiger partial charge on any atom is -0.506 e. The van der Waals surface area contributed by atoms with Crippen LogP contribution in [0.3, 0.4) is 0 Å². The average Bonchev–Trinajstić information content (AvgIpc) is 2.29. The van der Waals surface area contributed by atoms with E-state index in [-0.39, 0.29) is 35.7 Å². The molecule has 7 nitrogen and oxygen atoms in total. The minimum atomic E-state index is -0.634. The summed E-state index contributed by atoms with van der Waals surface area (Å²) in [6.45, 7) is 1.36. The van der Waals surface area contributed by atoms with Gasteiger partial charge in [0.2, 0.25) is 5.91 Å². The number of nitro benzene ring substituents is 1. The number of carbonyl (C=O) groups is 2. The van der Waals surface area contributed by atoms with E-state index in [9.17, 15) is 24.8 Å². The van der Waals surface area contributed by atoms with Gasteiger partial charge in [-0.15, -0.1) is 0 Å². The molecule has 0 aromatic heterocycles. The third-order valence-corrected chi connectivity index (χ3v) is 2.17. The van der Waals surface area contributed by atoms with Gasteiger partial charge in [0.25, 0.3) is 5.69 Å². The largest absolute Gasteiger partial charge is 0.506 e. The van der Waals surface area contributed by atoms with Crippen LogP contribution in [-0.4, -0.2) is 21.7 Å². The molecule has 0 atom stereocenters. The van der Waals surface area contributed by atoms with E-state index >= 15 is 0 Å². The lowest BCUT2D eigenvalue weighted by molar-refractivity contribution is -0.384. The highest BCUT2D eigenvalue weighted by Crippen LogP contribution is 2.27. The summed E-state index contributed by atoms with van der Waals surface area (Å²) in [5.74, 6) is -0.883. The SMILES string of the molecule is CC(=O)CCC(=O)Nc1cc([N+](=O)[O-])ccc1O. The summed E-state index contributed by atoms with van der Waals surface area (Å²) in [6.07, 6.45) is 0.0546. The second kappa shape index (κ2) is 5.76. The highest BCUT2D eigenvalue weighted by Gasteiger charge is 2.12. The quantitative estimate of drug-likeness (QED) is 0.470. The van der Waals surface area contributed by atoms with Gasteiger partial charge in [0.1, 0.15) is 11.5 Å². The van der Waals surface area contributed by atoms with E-state index in [1.54, 1.807) is 0 Å². The minimum absolute atomic E-state index is 0.0303. The number of nitro groups is 1. The van der Waals surface area contributed by atoms with Gasteiger partial charge in [-0.2, -0.15) is 0 Å². The molecule has 1 amide bonds. The zero-order valence-corrected chi connectivity index (χ0v) is 9.67. The first-order chi connectivity index (χ1) is 8.40. The lowest BCUT2D eigenvalue weighted by atomic mass is 10.2. The van der Waals surface area contributed by atoms with Gasteiger partial charge in [-0.05, 0) is 13.0 Å². The number of Topliss-reactive ketones (excluding diaryl/α,β-unsaturated/α-hetero) is 1. The molecule has 0 aliphatic rings. The van der Waals surface area contributed by atoms with Crippen LogP contribution in [0.1, 0.15) is 19.8 Å². The van der Waals surface area contributed by atoms with Crippen molar-refractivity contribution in [2.75, 3.05) is 5.32 Å². The number of nitrogens with zero attached hydrogens (tertiary/aromatic N) is 1. The Bertz CT molecular complexity index is 498. The fraction of sp³-hybridized carbons (Fsp3) is 0.273. The Balaban J connectivity index is 2.77. The second-order valence-electron chi connectivity index (χ2n) is 3.71. The molecule has 7 heteroatoms. The molecule has 0 saturated heterocycles. The normalized spacial score (nSPS) is 9.83. The molecule has 0 radical (unpaired) electrons. The average molecular weight is 252 g/mol. The highest BCUT2D eigenvalue weighted by molar-refractivity contribution is 5.94. The predicted molar refractivity (Wildman–Crippen MR) is 63.3 cm³/mol. The molecule has 1 aromatic carbocycles. The zero-order chi connectivity index (χ0) is 13.7. The first-order valence-corrected chi connectivity index (χ1v) is 5.17. The van der Waals surface area contributed by atoms with E-state index in [0.29, 0.717) is 0 Å². The number of phenolic OH excluding ortho intramolecular Hbond substituents is 1. The summed E-state index contributed by atoms with van der Waals surface area (Å²) >= 11 is 0. The molecule has 0 fully saturated rings. The van der Waals surface area contributed by atoms with Crippen LogP contribution in [0.25, 0.3) is 0 Å². The van der Waals surface area contributed by atoms with E-state index in [0.717, 1.165) is 18.2 Å². The number of benzene rings is 1. The number of amides is 1. The number of non-ortho nitro benzene ring substituents is 1. The molecule has 0 bridgehead atoms. The summed E-state index contributed by atoms with van der Waals surface area (Å²) < 4.78 is 0. The van der Waals surface area contributed by atoms with E-state index in [1.807, 2.05) is 0 Å². The molecule has 1 aromatic rings. The number of carbonyl (C=O) groups excluding carboxylic acids is 2. The topological polar surface area (TPSA) is 110 Å². The van der Waals surface area contributed by atoms with Gasteiger partial charge in [-0.1, -0.05) is 0 Å². The van der Waals surface area contributed by atoms with Crippen molar-refractivity contribution in [2.45, 2.75) is 19.8 Å². The molecule has 0 aliphatic carbocycles. The van der Waals surface area contributed by atoms with Crippen molar-refractivity contribution in [1.29, 1.82) is 0 Å². The summed E-state index contributed by atoms with van der Waals surface area (Å²) in [4.78, 5) is 32.0. The third kappa shape index (κ3) is 3.85. The van der Waals surface area contributed by atoms with Gasteiger partial charge < -0.3 is 15.2 Å². The summed E-state index contributed by atoms with van der Waals surface area (Å²) in [7, 11) is 0. The van der Waals surface area contributed by atoms with Crippen LogP contribution in [0.2, 0.25) is 0 Å². The maximum absolute atomic E-state index is 11.4. The molecule has 18 heavy (non-hydrogen) atoms. The maximum atomic E-state index is 11.4. The number of nitrogens with one attached hydrogen (secondary N) is 1. The third-order valence-electron chi connectivity index (χ3n) is 2.17. The van der Waals surface area contributed by atoms with Gasteiger partial charge in [0.05, 0.1) is 10.6 Å². The lowest BCUT2D eigenvalue weighted by Gasteiger charge is -2.06. The van der Waals surface area contributed by atoms with Crippen LogP contribution in [0.5, 0.6) is 5.75 Å². The lowest BCUT2D eigenvalue weighted by Crippen LogP contribution is -2.12. The number of aromatic hydroxyl groups is 1.